The number of carbonyl (C=O) groups excluding carboxylic acids is 1. The Morgan fingerprint density at radius 2 is 1.92 bits per heavy atom. The van der Waals surface area contributed by atoms with Crippen LogP contribution in [0.25, 0.3) is 10.8 Å². The lowest BCUT2D eigenvalue weighted by atomic mass is 9.97. The van der Waals surface area contributed by atoms with Crippen molar-refractivity contribution in [3.63, 3.8) is 0 Å². The van der Waals surface area contributed by atoms with E-state index in [-0.39, 0.29) is 24.5 Å². The molecule has 0 aliphatic heterocycles. The highest BCUT2D eigenvalue weighted by molar-refractivity contribution is 7.98. The molecule has 7 nitrogen and oxygen atoms in total. The third kappa shape index (κ3) is 9.94. The van der Waals surface area contributed by atoms with Crippen LogP contribution in [0.4, 0.5) is 0 Å². The number of amides is 1. The summed E-state index contributed by atoms with van der Waals surface area (Å²) in [6.07, 6.45) is 3.30. The Balaban J connectivity index is 2.26. The number of nitrogens with two attached hydrogens (primary N) is 1. The molecule has 0 spiro atoms. The molecular formula is C27H42N4O3S2. The number of thiol groups is 1. The Kier molecular flexibility index (Phi) is 13.7. The van der Waals surface area contributed by atoms with Crippen molar-refractivity contribution < 1.29 is 14.7 Å². The lowest BCUT2D eigenvalue weighted by Gasteiger charge is -2.32. The average Bonchev–Trinajstić information content (AvgIpc) is 2.88. The predicted octanol–water partition coefficient (Wildman–Crippen LogP) is 3.23. The number of hydrogen-bond donors (Lipinski definition) is 5. The summed E-state index contributed by atoms with van der Waals surface area (Å²) in [6.45, 7) is 6.31. The van der Waals surface area contributed by atoms with Crippen LogP contribution < -0.4 is 16.4 Å². The number of fused-ring (bicyclic) bond motifs is 1. The zero-order valence-electron chi connectivity index (χ0n) is 21.7. The number of benzene rings is 2. The quantitative estimate of drug-likeness (QED) is 0.198. The topological polar surface area (TPSA) is 108 Å². The smallest absolute Gasteiger partial charge is 0.326 e. The van der Waals surface area contributed by atoms with E-state index in [1.165, 1.54) is 0 Å². The largest absolute Gasteiger partial charge is 0.480 e. The molecule has 0 bridgehead atoms. The van der Waals surface area contributed by atoms with Gasteiger partial charge in [0.2, 0.25) is 5.91 Å². The average molecular weight is 535 g/mol. The molecule has 2 rings (SSSR count). The molecule has 4 atom stereocenters. The second-order valence-electron chi connectivity index (χ2n) is 9.39. The van der Waals surface area contributed by atoms with E-state index in [1.807, 2.05) is 24.5 Å². The van der Waals surface area contributed by atoms with Crippen molar-refractivity contribution >= 4 is 47.0 Å². The molecule has 5 N–H and O–H groups in total. The summed E-state index contributed by atoms with van der Waals surface area (Å²) < 4.78 is 0. The normalized spacial score (nSPS) is 14.9. The zero-order valence-corrected chi connectivity index (χ0v) is 23.4. The lowest BCUT2D eigenvalue weighted by Crippen LogP contribution is -2.51. The first kappa shape index (κ1) is 30.4. The van der Waals surface area contributed by atoms with E-state index in [9.17, 15) is 14.7 Å². The minimum absolute atomic E-state index is 0.0533. The van der Waals surface area contributed by atoms with Gasteiger partial charge in [-0.25, -0.2) is 4.79 Å². The van der Waals surface area contributed by atoms with Crippen molar-refractivity contribution in [2.24, 2.45) is 11.7 Å². The van der Waals surface area contributed by atoms with Crippen molar-refractivity contribution in [1.82, 2.24) is 15.5 Å². The minimum atomic E-state index is -1.00. The number of carboxylic acid groups (broad SMARTS) is 1. The van der Waals surface area contributed by atoms with E-state index in [1.54, 1.807) is 11.8 Å². The van der Waals surface area contributed by atoms with Crippen LogP contribution in [0, 0.1) is 5.92 Å². The summed E-state index contributed by atoms with van der Waals surface area (Å²) in [7, 11) is 0. The summed E-state index contributed by atoms with van der Waals surface area (Å²) in [4.78, 5) is 26.8. The number of rotatable bonds is 17. The molecular weight excluding hydrogens is 492 g/mol. The van der Waals surface area contributed by atoms with Crippen molar-refractivity contribution in [1.29, 1.82) is 0 Å². The highest BCUT2D eigenvalue weighted by atomic mass is 32.2. The molecule has 9 heteroatoms. The fourth-order valence-electron chi connectivity index (χ4n) is 4.17. The van der Waals surface area contributed by atoms with Crippen LogP contribution in [0.3, 0.4) is 0 Å². The van der Waals surface area contributed by atoms with E-state index in [0.29, 0.717) is 43.5 Å². The number of aliphatic carboxylic acids is 1. The van der Waals surface area contributed by atoms with Gasteiger partial charge in [-0.15, -0.1) is 0 Å². The van der Waals surface area contributed by atoms with Gasteiger partial charge in [0.05, 0.1) is 6.54 Å². The van der Waals surface area contributed by atoms with Gasteiger partial charge in [-0.1, -0.05) is 62.7 Å². The number of hydrogen-bond acceptors (Lipinski definition) is 7. The molecule has 0 fully saturated rings. The minimum Gasteiger partial charge on any atom is -0.480 e. The summed E-state index contributed by atoms with van der Waals surface area (Å²) in [5.74, 6) is 0.345. The molecule has 3 unspecified atom stereocenters. The summed E-state index contributed by atoms with van der Waals surface area (Å²) in [5, 5.41) is 18.2. The molecule has 2 aromatic carbocycles. The fraction of sp³-hybridized carbons (Fsp3) is 0.556. The van der Waals surface area contributed by atoms with Gasteiger partial charge >= 0.3 is 5.97 Å². The van der Waals surface area contributed by atoms with E-state index in [4.69, 9.17) is 5.73 Å². The lowest BCUT2D eigenvalue weighted by molar-refractivity contribution is -0.142. The first-order valence-corrected chi connectivity index (χ1v) is 14.6. The fourth-order valence-corrected chi connectivity index (χ4v) is 4.77. The molecule has 0 heterocycles. The van der Waals surface area contributed by atoms with Gasteiger partial charge in [-0.05, 0) is 40.7 Å². The van der Waals surface area contributed by atoms with Gasteiger partial charge in [-0.3, -0.25) is 9.69 Å². The third-order valence-corrected chi connectivity index (χ3v) is 7.66. The van der Waals surface area contributed by atoms with Crippen LogP contribution in [-0.4, -0.2) is 77.4 Å². The van der Waals surface area contributed by atoms with Gasteiger partial charge in [-0.2, -0.15) is 24.4 Å². The van der Waals surface area contributed by atoms with Crippen molar-refractivity contribution in [3.8, 4) is 0 Å². The van der Waals surface area contributed by atoms with E-state index < -0.39 is 12.0 Å². The highest BCUT2D eigenvalue weighted by Crippen LogP contribution is 2.21. The first-order chi connectivity index (χ1) is 17.3. The second kappa shape index (κ2) is 16.1. The Morgan fingerprint density at radius 1 is 1.19 bits per heavy atom. The third-order valence-electron chi connectivity index (χ3n) is 6.55. The zero-order chi connectivity index (χ0) is 26.5. The number of nitrogens with one attached hydrogen (secondary N) is 2. The number of nitrogens with zero attached hydrogens (tertiary/aromatic N) is 1. The Hall–Kier alpha value is -1.78. The summed E-state index contributed by atoms with van der Waals surface area (Å²) >= 11 is 5.87. The van der Waals surface area contributed by atoms with Crippen molar-refractivity contribution in [2.45, 2.75) is 51.4 Å². The Morgan fingerprint density at radius 3 is 2.58 bits per heavy atom. The standard InChI is InChI=1S/C27H42N4O3S2/c1-4-19(2)25(29-14-22(28)18-35)16-31(17-26(32)30-24(27(33)34)12-13-36-3)15-21-10-7-9-20-8-5-6-11-23(20)21/h5-11,19,22,24-25,29,35H,4,12-18,28H2,1-3H3,(H,30,32)(H,33,34)/t19?,22-,24?,25?/m0/s1. The Bertz CT molecular complexity index is 956. The molecule has 0 aliphatic rings. The van der Waals surface area contributed by atoms with Crippen LogP contribution in [0.5, 0.6) is 0 Å². The molecule has 2 aromatic rings. The SMILES string of the molecule is CCC(C)C(CN(CC(=O)NC(CCSC)C(=O)O)Cc1cccc2ccccc12)NC[C@H](N)CS. The van der Waals surface area contributed by atoms with Crippen molar-refractivity contribution in [2.75, 3.05) is 37.4 Å². The molecule has 1 amide bonds. The van der Waals surface area contributed by atoms with Gasteiger partial charge in [0.15, 0.2) is 0 Å². The van der Waals surface area contributed by atoms with Crippen molar-refractivity contribution in [3.05, 3.63) is 48.0 Å². The maximum absolute atomic E-state index is 13.0. The molecule has 0 aliphatic carbocycles. The monoisotopic (exact) mass is 534 g/mol. The molecule has 0 saturated carbocycles. The number of thioether (sulfide) groups is 1. The van der Waals surface area contributed by atoms with Crippen LogP contribution in [0.2, 0.25) is 0 Å². The van der Waals surface area contributed by atoms with Gasteiger partial charge in [0, 0.05) is 37.5 Å². The number of carbonyl (C=O) groups is 2. The summed E-state index contributed by atoms with van der Waals surface area (Å²) in [5.41, 5.74) is 7.24. The molecule has 0 saturated heterocycles. The van der Waals surface area contributed by atoms with Gasteiger partial charge in [0.1, 0.15) is 6.04 Å². The van der Waals surface area contributed by atoms with Crippen LogP contribution in [-0.2, 0) is 16.1 Å². The predicted molar refractivity (Wildman–Crippen MR) is 155 cm³/mol. The highest BCUT2D eigenvalue weighted by Gasteiger charge is 2.24. The molecule has 36 heavy (non-hydrogen) atoms. The molecule has 0 aromatic heterocycles. The van der Waals surface area contributed by atoms with E-state index >= 15 is 0 Å². The van der Waals surface area contributed by atoms with Crippen LogP contribution in [0.15, 0.2) is 42.5 Å². The number of carboxylic acids is 1. The van der Waals surface area contributed by atoms with E-state index in [2.05, 4.69) is 66.3 Å². The summed E-state index contributed by atoms with van der Waals surface area (Å²) in [6, 6.07) is 13.6. The van der Waals surface area contributed by atoms with Crippen LogP contribution >= 0.6 is 24.4 Å². The van der Waals surface area contributed by atoms with Gasteiger partial charge < -0.3 is 21.5 Å². The Labute approximate surface area is 225 Å². The maximum Gasteiger partial charge on any atom is 0.326 e. The molecule has 200 valence electrons. The van der Waals surface area contributed by atoms with Crippen LogP contribution in [0.1, 0.15) is 32.3 Å². The first-order valence-electron chi connectivity index (χ1n) is 12.6. The maximum atomic E-state index is 13.0. The van der Waals surface area contributed by atoms with Gasteiger partial charge in [0.25, 0.3) is 0 Å². The second-order valence-corrected chi connectivity index (χ2v) is 10.7. The van der Waals surface area contributed by atoms with E-state index in [0.717, 1.165) is 22.8 Å². The molecule has 0 radical (unpaired) electrons.